The van der Waals surface area contributed by atoms with Crippen LogP contribution in [0, 0.1) is 11.8 Å². The van der Waals surface area contributed by atoms with Gasteiger partial charge in [0.1, 0.15) is 5.01 Å². The molecule has 1 rings (SSSR count). The van der Waals surface area contributed by atoms with Crippen molar-refractivity contribution < 1.29 is 0 Å². The molecule has 2 N–H and O–H groups in total. The lowest BCUT2D eigenvalue weighted by molar-refractivity contribution is 0.767. The van der Waals surface area contributed by atoms with Crippen molar-refractivity contribution in [3.8, 4) is 11.8 Å². The third kappa shape index (κ3) is 4.66. The van der Waals surface area contributed by atoms with Gasteiger partial charge in [-0.2, -0.15) is 0 Å². The van der Waals surface area contributed by atoms with Crippen LogP contribution >= 0.6 is 11.3 Å². The Balaban J connectivity index is 2.11. The molecule has 70 valence electrons. The largest absolute Gasteiger partial charge is 0.330 e. The number of hydrogen-bond donors (Lipinski definition) is 1. The third-order valence-electron chi connectivity index (χ3n) is 1.60. The molecule has 0 aromatic carbocycles. The Morgan fingerprint density at radius 1 is 1.38 bits per heavy atom. The standard InChI is InChI=1S/C10H14N2S/c11-7-5-3-1-2-4-6-10-12-8-9-13-10/h8-9H,1,3,5-7,11H2. The van der Waals surface area contributed by atoms with Crippen LogP contribution in [0.1, 0.15) is 24.3 Å². The van der Waals surface area contributed by atoms with E-state index in [0.29, 0.717) is 0 Å². The zero-order chi connectivity index (χ0) is 9.36. The summed E-state index contributed by atoms with van der Waals surface area (Å²) in [5.74, 6) is 6.22. The Morgan fingerprint density at radius 3 is 3.00 bits per heavy atom. The molecule has 1 heterocycles. The van der Waals surface area contributed by atoms with Gasteiger partial charge in [0.05, 0.1) is 6.42 Å². The Labute approximate surface area is 83.2 Å². The number of nitrogens with two attached hydrogens (primary N) is 1. The molecular weight excluding hydrogens is 180 g/mol. The van der Waals surface area contributed by atoms with Gasteiger partial charge < -0.3 is 5.73 Å². The van der Waals surface area contributed by atoms with E-state index in [1.54, 1.807) is 11.3 Å². The number of unbranched alkanes of at least 4 members (excludes halogenated alkanes) is 2. The first-order valence-electron chi connectivity index (χ1n) is 4.47. The van der Waals surface area contributed by atoms with E-state index in [0.717, 1.165) is 37.2 Å². The van der Waals surface area contributed by atoms with Crippen molar-refractivity contribution in [3.05, 3.63) is 16.6 Å². The van der Waals surface area contributed by atoms with Gasteiger partial charge in [0.25, 0.3) is 0 Å². The first-order valence-corrected chi connectivity index (χ1v) is 5.35. The second-order valence-corrected chi connectivity index (χ2v) is 3.68. The summed E-state index contributed by atoms with van der Waals surface area (Å²) in [7, 11) is 0. The lowest BCUT2D eigenvalue weighted by Crippen LogP contribution is -1.96. The fourth-order valence-corrected chi connectivity index (χ4v) is 1.48. The molecule has 1 aromatic rings. The van der Waals surface area contributed by atoms with E-state index in [1.165, 1.54) is 0 Å². The first kappa shape index (κ1) is 10.2. The lowest BCUT2D eigenvalue weighted by Gasteiger charge is -1.88. The van der Waals surface area contributed by atoms with E-state index < -0.39 is 0 Å². The van der Waals surface area contributed by atoms with Gasteiger partial charge in [0, 0.05) is 18.0 Å². The highest BCUT2D eigenvalue weighted by Gasteiger charge is 1.88. The molecule has 0 saturated heterocycles. The monoisotopic (exact) mass is 194 g/mol. The molecule has 1 aromatic heterocycles. The summed E-state index contributed by atoms with van der Waals surface area (Å²) in [6, 6.07) is 0. The van der Waals surface area contributed by atoms with Crippen LogP contribution in [0.5, 0.6) is 0 Å². The van der Waals surface area contributed by atoms with Gasteiger partial charge in [-0.3, -0.25) is 0 Å². The summed E-state index contributed by atoms with van der Waals surface area (Å²) >= 11 is 1.66. The molecule has 0 unspecified atom stereocenters. The van der Waals surface area contributed by atoms with Crippen molar-refractivity contribution in [2.24, 2.45) is 5.73 Å². The maximum atomic E-state index is 5.36. The maximum Gasteiger partial charge on any atom is 0.104 e. The molecule has 2 nitrogen and oxygen atoms in total. The van der Waals surface area contributed by atoms with E-state index in [1.807, 2.05) is 11.6 Å². The molecular formula is C10H14N2S. The topological polar surface area (TPSA) is 38.9 Å². The fourth-order valence-electron chi connectivity index (χ4n) is 0.924. The number of aromatic nitrogens is 1. The van der Waals surface area contributed by atoms with Crippen LogP contribution < -0.4 is 5.73 Å². The predicted octanol–water partition coefficient (Wildman–Crippen LogP) is 1.82. The summed E-state index contributed by atoms with van der Waals surface area (Å²) in [5, 5.41) is 3.08. The zero-order valence-electron chi connectivity index (χ0n) is 7.62. The number of nitrogens with zero attached hydrogens (tertiary/aromatic N) is 1. The van der Waals surface area contributed by atoms with Crippen molar-refractivity contribution in [1.29, 1.82) is 0 Å². The van der Waals surface area contributed by atoms with Crippen LogP contribution in [-0.4, -0.2) is 11.5 Å². The minimum absolute atomic E-state index is 0.772. The van der Waals surface area contributed by atoms with Gasteiger partial charge in [0.2, 0.25) is 0 Å². The zero-order valence-corrected chi connectivity index (χ0v) is 8.44. The Kier molecular flexibility index (Phi) is 5.23. The average molecular weight is 194 g/mol. The first-order chi connectivity index (χ1) is 6.43. The van der Waals surface area contributed by atoms with Crippen LogP contribution in [0.15, 0.2) is 11.6 Å². The molecule has 0 radical (unpaired) electrons. The van der Waals surface area contributed by atoms with Gasteiger partial charge >= 0.3 is 0 Å². The van der Waals surface area contributed by atoms with Crippen LogP contribution in [0.3, 0.4) is 0 Å². The third-order valence-corrected chi connectivity index (χ3v) is 2.38. The van der Waals surface area contributed by atoms with Gasteiger partial charge in [0.15, 0.2) is 0 Å². The summed E-state index contributed by atoms with van der Waals surface area (Å²) in [6.07, 6.45) is 5.76. The molecule has 0 spiro atoms. The molecule has 0 bridgehead atoms. The quantitative estimate of drug-likeness (QED) is 0.586. The van der Waals surface area contributed by atoms with Crippen molar-refractivity contribution in [2.45, 2.75) is 25.7 Å². The molecule has 0 saturated carbocycles. The average Bonchev–Trinajstić information content (AvgIpc) is 2.63. The van der Waals surface area contributed by atoms with Gasteiger partial charge in [-0.1, -0.05) is 5.92 Å². The molecule has 3 heteroatoms. The Morgan fingerprint density at radius 2 is 2.31 bits per heavy atom. The molecule has 13 heavy (non-hydrogen) atoms. The second kappa shape index (κ2) is 6.64. The second-order valence-electron chi connectivity index (χ2n) is 2.70. The smallest absolute Gasteiger partial charge is 0.104 e. The van der Waals surface area contributed by atoms with Crippen molar-refractivity contribution in [1.82, 2.24) is 4.98 Å². The minimum Gasteiger partial charge on any atom is -0.330 e. The highest BCUT2D eigenvalue weighted by molar-refractivity contribution is 7.09. The number of rotatable bonds is 4. The molecule has 0 aliphatic carbocycles. The van der Waals surface area contributed by atoms with E-state index in [4.69, 9.17) is 5.73 Å². The molecule has 0 amide bonds. The minimum atomic E-state index is 0.772. The van der Waals surface area contributed by atoms with Gasteiger partial charge in [-0.15, -0.1) is 17.3 Å². The summed E-state index contributed by atoms with van der Waals surface area (Å²) in [6.45, 7) is 0.772. The fraction of sp³-hybridized carbons (Fsp3) is 0.500. The summed E-state index contributed by atoms with van der Waals surface area (Å²) in [4.78, 5) is 4.15. The van der Waals surface area contributed by atoms with Crippen LogP contribution in [0.2, 0.25) is 0 Å². The van der Waals surface area contributed by atoms with Gasteiger partial charge in [-0.05, 0) is 19.4 Å². The van der Waals surface area contributed by atoms with Crippen LogP contribution in [0.25, 0.3) is 0 Å². The van der Waals surface area contributed by atoms with E-state index in [-0.39, 0.29) is 0 Å². The lowest BCUT2D eigenvalue weighted by atomic mass is 10.2. The van der Waals surface area contributed by atoms with E-state index in [2.05, 4.69) is 16.8 Å². The predicted molar refractivity (Wildman–Crippen MR) is 56.5 cm³/mol. The molecule has 0 fully saturated rings. The van der Waals surface area contributed by atoms with Crippen molar-refractivity contribution in [3.63, 3.8) is 0 Å². The highest BCUT2D eigenvalue weighted by atomic mass is 32.1. The van der Waals surface area contributed by atoms with E-state index in [9.17, 15) is 0 Å². The molecule has 0 atom stereocenters. The maximum absolute atomic E-state index is 5.36. The number of thiazole rings is 1. The Bertz CT molecular complexity index is 269. The summed E-state index contributed by atoms with van der Waals surface area (Å²) in [5.41, 5.74) is 5.36. The number of hydrogen-bond acceptors (Lipinski definition) is 3. The SMILES string of the molecule is NCCCCC#CCc1nccs1. The highest BCUT2D eigenvalue weighted by Crippen LogP contribution is 2.03. The molecule has 0 aliphatic heterocycles. The van der Waals surface area contributed by atoms with E-state index >= 15 is 0 Å². The Hall–Kier alpha value is -0.850. The van der Waals surface area contributed by atoms with Gasteiger partial charge in [-0.25, -0.2) is 4.98 Å². The van der Waals surface area contributed by atoms with Crippen molar-refractivity contribution in [2.75, 3.05) is 6.54 Å². The van der Waals surface area contributed by atoms with Crippen LogP contribution in [-0.2, 0) is 6.42 Å². The summed E-state index contributed by atoms with van der Waals surface area (Å²) < 4.78 is 0. The van der Waals surface area contributed by atoms with Crippen molar-refractivity contribution >= 4 is 11.3 Å². The van der Waals surface area contributed by atoms with Crippen LogP contribution in [0.4, 0.5) is 0 Å². The normalized spacial score (nSPS) is 9.31. The molecule has 0 aliphatic rings.